The Morgan fingerprint density at radius 1 is 1.24 bits per heavy atom. The molecule has 0 bridgehead atoms. The number of hydrogen-bond donors (Lipinski definition) is 1. The van der Waals surface area contributed by atoms with Crippen molar-refractivity contribution in [1.29, 1.82) is 0 Å². The zero-order chi connectivity index (χ0) is 16.3. The predicted octanol–water partition coefficient (Wildman–Crippen LogP) is 4.27. The van der Waals surface area contributed by atoms with Crippen LogP contribution in [0.1, 0.15) is 59.8 Å². The Balaban J connectivity index is 3.89. The maximum Gasteiger partial charge on any atom is 0.308 e. The monoisotopic (exact) mass is 296 g/mol. The average Bonchev–Trinajstić information content (AvgIpc) is 2.44. The van der Waals surface area contributed by atoms with Crippen LogP contribution < -0.4 is 0 Å². The van der Waals surface area contributed by atoms with Gasteiger partial charge >= 0.3 is 5.97 Å². The van der Waals surface area contributed by atoms with Crippen molar-refractivity contribution >= 4 is 5.97 Å². The van der Waals surface area contributed by atoms with E-state index in [1.807, 2.05) is 0 Å². The van der Waals surface area contributed by atoms with Crippen molar-refractivity contribution in [2.45, 2.75) is 65.9 Å². The molecule has 0 saturated heterocycles. The maximum absolute atomic E-state index is 11.0. The van der Waals surface area contributed by atoms with Gasteiger partial charge in [0.15, 0.2) is 0 Å². The maximum atomic E-state index is 11.0. The molecule has 0 aromatic rings. The lowest BCUT2D eigenvalue weighted by atomic mass is 9.96. The number of hydrogen-bond acceptors (Lipinski definition) is 3. The zero-order valence-electron chi connectivity index (χ0n) is 14.3. The molecule has 122 valence electrons. The van der Waals surface area contributed by atoms with E-state index in [-0.39, 0.29) is 12.4 Å². The number of aliphatic hydroxyl groups is 1. The highest BCUT2D eigenvalue weighted by Gasteiger charge is 2.12. The molecular formula is C18H32O3. The molecule has 3 atom stereocenters. The summed E-state index contributed by atoms with van der Waals surface area (Å²) < 4.78 is 4.55. The van der Waals surface area contributed by atoms with E-state index in [2.05, 4.69) is 50.7 Å². The second-order valence-corrected chi connectivity index (χ2v) is 6.10. The van der Waals surface area contributed by atoms with Gasteiger partial charge in [-0.25, -0.2) is 0 Å². The van der Waals surface area contributed by atoms with Gasteiger partial charge < -0.3 is 9.84 Å². The Bertz CT molecular complexity index is 344. The first-order chi connectivity index (χ1) is 9.88. The van der Waals surface area contributed by atoms with E-state index in [9.17, 15) is 9.90 Å². The highest BCUT2D eigenvalue weighted by Crippen LogP contribution is 2.17. The standard InChI is InChI=1S/C18H32O3/c1-6-14(2)12-16(4)9-7-8-15(3)10-11-17(19)13-18(20)21-5/h6-7,9,15-17,19H,8,10-13H2,1-5H3/b9-7+,14-6+. The van der Waals surface area contributed by atoms with Crippen LogP contribution in [-0.2, 0) is 9.53 Å². The van der Waals surface area contributed by atoms with Gasteiger partial charge in [0.25, 0.3) is 0 Å². The highest BCUT2D eigenvalue weighted by molar-refractivity contribution is 5.69. The number of methoxy groups -OCH3 is 1. The number of rotatable bonds is 10. The topological polar surface area (TPSA) is 46.5 Å². The number of carbonyl (C=O) groups is 1. The molecule has 21 heavy (non-hydrogen) atoms. The van der Waals surface area contributed by atoms with E-state index >= 15 is 0 Å². The first-order valence-corrected chi connectivity index (χ1v) is 7.92. The minimum atomic E-state index is -0.583. The Morgan fingerprint density at radius 2 is 1.90 bits per heavy atom. The summed E-state index contributed by atoms with van der Waals surface area (Å²) in [6, 6.07) is 0. The van der Waals surface area contributed by atoms with E-state index in [4.69, 9.17) is 0 Å². The number of aliphatic hydroxyl groups excluding tert-OH is 1. The van der Waals surface area contributed by atoms with Crippen LogP contribution >= 0.6 is 0 Å². The quantitative estimate of drug-likeness (QED) is 0.484. The van der Waals surface area contributed by atoms with Crippen molar-refractivity contribution in [3.63, 3.8) is 0 Å². The molecule has 0 aliphatic rings. The Hall–Kier alpha value is -1.09. The molecule has 1 N–H and O–H groups in total. The molecule has 3 nitrogen and oxygen atoms in total. The van der Waals surface area contributed by atoms with Gasteiger partial charge in [0.2, 0.25) is 0 Å². The van der Waals surface area contributed by atoms with Crippen LogP contribution in [0.2, 0.25) is 0 Å². The minimum Gasteiger partial charge on any atom is -0.469 e. The fourth-order valence-corrected chi connectivity index (χ4v) is 2.21. The molecule has 0 radical (unpaired) electrons. The van der Waals surface area contributed by atoms with Crippen LogP contribution in [0, 0.1) is 11.8 Å². The van der Waals surface area contributed by atoms with Crippen LogP contribution in [0.15, 0.2) is 23.8 Å². The molecule has 0 aromatic carbocycles. The first kappa shape index (κ1) is 19.9. The summed E-state index contributed by atoms with van der Waals surface area (Å²) in [5, 5.41) is 9.71. The summed E-state index contributed by atoms with van der Waals surface area (Å²) in [5.74, 6) is 0.741. The van der Waals surface area contributed by atoms with Gasteiger partial charge in [-0.1, -0.05) is 37.6 Å². The minimum absolute atomic E-state index is 0.0960. The highest BCUT2D eigenvalue weighted by atomic mass is 16.5. The lowest BCUT2D eigenvalue weighted by molar-refractivity contribution is -0.142. The number of ether oxygens (including phenoxy) is 1. The fraction of sp³-hybridized carbons (Fsp3) is 0.722. The van der Waals surface area contributed by atoms with Crippen molar-refractivity contribution in [1.82, 2.24) is 0 Å². The zero-order valence-corrected chi connectivity index (χ0v) is 14.3. The molecule has 3 unspecified atom stereocenters. The number of esters is 1. The molecule has 0 rings (SSSR count). The molecule has 0 heterocycles. The third kappa shape index (κ3) is 11.3. The van der Waals surface area contributed by atoms with Crippen molar-refractivity contribution in [2.75, 3.05) is 7.11 Å². The second kappa shape index (κ2) is 11.6. The van der Waals surface area contributed by atoms with E-state index < -0.39 is 6.10 Å². The Kier molecular flexibility index (Phi) is 11.0. The van der Waals surface area contributed by atoms with Gasteiger partial charge in [0.1, 0.15) is 0 Å². The molecule has 0 fully saturated rings. The predicted molar refractivity (Wildman–Crippen MR) is 88.0 cm³/mol. The van der Waals surface area contributed by atoms with Crippen molar-refractivity contribution in [3.05, 3.63) is 23.8 Å². The van der Waals surface area contributed by atoms with E-state index in [1.54, 1.807) is 0 Å². The molecule has 0 amide bonds. The second-order valence-electron chi connectivity index (χ2n) is 6.10. The molecule has 0 aliphatic carbocycles. The summed E-state index contributed by atoms with van der Waals surface area (Å²) in [6.45, 7) is 8.65. The van der Waals surface area contributed by atoms with Gasteiger partial charge in [-0.05, 0) is 51.4 Å². The Labute approximate surface area is 130 Å². The SMILES string of the molecule is C/C=C(\C)CC(C)/C=C/CC(C)CCC(O)CC(=O)OC. The van der Waals surface area contributed by atoms with Crippen LogP contribution in [0.25, 0.3) is 0 Å². The van der Waals surface area contributed by atoms with Crippen LogP contribution in [0.3, 0.4) is 0 Å². The van der Waals surface area contributed by atoms with Gasteiger partial charge in [-0.2, -0.15) is 0 Å². The molecular weight excluding hydrogens is 264 g/mol. The number of allylic oxidation sites excluding steroid dienone is 4. The van der Waals surface area contributed by atoms with Crippen molar-refractivity contribution in [2.24, 2.45) is 11.8 Å². The van der Waals surface area contributed by atoms with E-state index in [0.29, 0.717) is 18.3 Å². The van der Waals surface area contributed by atoms with Crippen molar-refractivity contribution < 1.29 is 14.6 Å². The summed E-state index contributed by atoms with van der Waals surface area (Å²) in [6.07, 6.45) is 9.89. The van der Waals surface area contributed by atoms with Crippen LogP contribution in [0.4, 0.5) is 0 Å². The van der Waals surface area contributed by atoms with Crippen molar-refractivity contribution in [3.8, 4) is 0 Å². The lowest BCUT2D eigenvalue weighted by Gasteiger charge is -2.13. The molecule has 0 saturated carbocycles. The smallest absolute Gasteiger partial charge is 0.308 e. The Morgan fingerprint density at radius 3 is 2.48 bits per heavy atom. The van der Waals surface area contributed by atoms with E-state index in [0.717, 1.165) is 19.3 Å². The largest absolute Gasteiger partial charge is 0.469 e. The first-order valence-electron chi connectivity index (χ1n) is 7.92. The molecule has 3 heteroatoms. The average molecular weight is 296 g/mol. The summed E-state index contributed by atoms with van der Waals surface area (Å²) in [5.41, 5.74) is 1.42. The van der Waals surface area contributed by atoms with E-state index in [1.165, 1.54) is 12.7 Å². The van der Waals surface area contributed by atoms with Gasteiger partial charge in [0, 0.05) is 0 Å². The summed E-state index contributed by atoms with van der Waals surface area (Å²) >= 11 is 0. The normalized spacial score (nSPS) is 16.8. The summed E-state index contributed by atoms with van der Waals surface area (Å²) in [4.78, 5) is 11.0. The van der Waals surface area contributed by atoms with Gasteiger partial charge in [-0.15, -0.1) is 0 Å². The molecule has 0 aromatic heterocycles. The molecule has 0 aliphatic heterocycles. The van der Waals surface area contributed by atoms with Crippen LogP contribution in [-0.4, -0.2) is 24.3 Å². The van der Waals surface area contributed by atoms with Crippen LogP contribution in [0.5, 0.6) is 0 Å². The molecule has 0 spiro atoms. The third-order valence-corrected chi connectivity index (χ3v) is 3.76. The summed E-state index contributed by atoms with van der Waals surface area (Å²) in [7, 11) is 1.35. The number of carbonyl (C=O) groups excluding carboxylic acids is 1. The van der Waals surface area contributed by atoms with Gasteiger partial charge in [-0.3, -0.25) is 4.79 Å². The van der Waals surface area contributed by atoms with Gasteiger partial charge in [0.05, 0.1) is 19.6 Å². The fourth-order valence-electron chi connectivity index (χ4n) is 2.21. The lowest BCUT2D eigenvalue weighted by Crippen LogP contribution is -2.15. The third-order valence-electron chi connectivity index (χ3n) is 3.76.